The highest BCUT2D eigenvalue weighted by Gasteiger charge is 2.08. The second-order valence-corrected chi connectivity index (χ2v) is 4.46. The van der Waals surface area contributed by atoms with Crippen LogP contribution in [0.4, 0.5) is 4.39 Å². The van der Waals surface area contributed by atoms with Crippen LogP contribution >= 0.6 is 0 Å². The molecule has 0 saturated heterocycles. The minimum Gasteiger partial charge on any atom is -0.482 e. The van der Waals surface area contributed by atoms with Crippen LogP contribution in [0.15, 0.2) is 22.7 Å². The molecule has 0 radical (unpaired) electrons. The van der Waals surface area contributed by atoms with Crippen molar-refractivity contribution in [2.75, 3.05) is 6.54 Å². The van der Waals surface area contributed by atoms with Gasteiger partial charge in [-0.3, -0.25) is 0 Å². The van der Waals surface area contributed by atoms with E-state index in [-0.39, 0.29) is 18.2 Å². The molecule has 0 spiro atoms. The molecule has 1 aromatic carbocycles. The molecule has 5 nitrogen and oxygen atoms in total. The lowest BCUT2D eigenvalue weighted by atomic mass is 10.2. The highest BCUT2D eigenvalue weighted by atomic mass is 19.1. The zero-order valence-electron chi connectivity index (χ0n) is 11.6. The van der Waals surface area contributed by atoms with Gasteiger partial charge in [-0.1, -0.05) is 18.1 Å². The van der Waals surface area contributed by atoms with Gasteiger partial charge in [0.1, 0.15) is 0 Å². The van der Waals surface area contributed by atoms with Crippen molar-refractivity contribution in [2.45, 2.75) is 33.4 Å². The van der Waals surface area contributed by atoms with Crippen LogP contribution < -0.4 is 10.1 Å². The molecule has 0 bridgehead atoms. The summed E-state index contributed by atoms with van der Waals surface area (Å²) in [7, 11) is 0. The first-order valence-electron chi connectivity index (χ1n) is 6.60. The number of benzene rings is 1. The Morgan fingerprint density at radius 2 is 2.25 bits per heavy atom. The Labute approximate surface area is 117 Å². The molecule has 1 aromatic heterocycles. The fraction of sp³-hybridized carbons (Fsp3) is 0.429. The van der Waals surface area contributed by atoms with E-state index in [1.807, 2.05) is 6.07 Å². The summed E-state index contributed by atoms with van der Waals surface area (Å²) >= 11 is 0. The lowest BCUT2D eigenvalue weighted by Crippen LogP contribution is -2.13. The quantitative estimate of drug-likeness (QED) is 0.789. The first-order valence-corrected chi connectivity index (χ1v) is 6.60. The highest BCUT2D eigenvalue weighted by molar-refractivity contribution is 5.29. The molecule has 0 fully saturated rings. The minimum atomic E-state index is -0.388. The Balaban J connectivity index is 1.92. The Morgan fingerprint density at radius 3 is 2.90 bits per heavy atom. The van der Waals surface area contributed by atoms with E-state index >= 15 is 0 Å². The van der Waals surface area contributed by atoms with Gasteiger partial charge in [0.15, 0.2) is 18.2 Å². The third-order valence-electron chi connectivity index (χ3n) is 2.68. The van der Waals surface area contributed by atoms with E-state index in [0.717, 1.165) is 18.5 Å². The molecule has 0 aliphatic rings. The molecule has 2 aromatic rings. The normalized spacial score (nSPS) is 10.8. The summed E-state index contributed by atoms with van der Waals surface area (Å²) in [6.07, 6.45) is 1.05. The van der Waals surface area contributed by atoms with Gasteiger partial charge in [-0.15, -0.1) is 0 Å². The molecule has 0 aliphatic heterocycles. The maximum absolute atomic E-state index is 13.9. The zero-order valence-corrected chi connectivity index (χ0v) is 11.6. The number of nitrogens with one attached hydrogen (secondary N) is 1. The smallest absolute Gasteiger partial charge is 0.223 e. The molecule has 20 heavy (non-hydrogen) atoms. The third kappa shape index (κ3) is 4.03. The molecule has 0 unspecified atom stereocenters. The van der Waals surface area contributed by atoms with Gasteiger partial charge in [0.25, 0.3) is 0 Å². The summed E-state index contributed by atoms with van der Waals surface area (Å²) in [5.74, 6) is 0.657. The number of rotatable bonds is 7. The second kappa shape index (κ2) is 7.00. The summed E-state index contributed by atoms with van der Waals surface area (Å²) in [5.41, 5.74) is 0.888. The molecule has 0 amide bonds. The maximum atomic E-state index is 13.9. The Hall–Kier alpha value is -1.95. The van der Waals surface area contributed by atoms with E-state index in [2.05, 4.69) is 22.4 Å². The van der Waals surface area contributed by atoms with Gasteiger partial charge in [0.05, 0.1) is 0 Å². The van der Waals surface area contributed by atoms with Crippen molar-refractivity contribution in [3.63, 3.8) is 0 Å². The van der Waals surface area contributed by atoms with E-state index in [9.17, 15) is 4.39 Å². The van der Waals surface area contributed by atoms with E-state index in [1.54, 1.807) is 13.0 Å². The van der Waals surface area contributed by atoms with Crippen molar-refractivity contribution in [3.8, 4) is 5.75 Å². The third-order valence-corrected chi connectivity index (χ3v) is 2.68. The zero-order chi connectivity index (χ0) is 14.4. The summed E-state index contributed by atoms with van der Waals surface area (Å²) < 4.78 is 24.0. The molecular formula is C14H18FN3O2. The van der Waals surface area contributed by atoms with Crippen LogP contribution in [-0.2, 0) is 13.2 Å². The molecule has 0 saturated carbocycles. The highest BCUT2D eigenvalue weighted by Crippen LogP contribution is 2.19. The van der Waals surface area contributed by atoms with Crippen molar-refractivity contribution in [3.05, 3.63) is 41.3 Å². The number of aromatic nitrogens is 2. The summed E-state index contributed by atoms with van der Waals surface area (Å²) in [6.45, 7) is 5.42. The number of aryl methyl sites for hydroxylation is 1. The molecule has 0 aliphatic carbocycles. The van der Waals surface area contributed by atoms with Gasteiger partial charge >= 0.3 is 0 Å². The summed E-state index contributed by atoms with van der Waals surface area (Å²) in [6, 6.07) is 4.92. The lowest BCUT2D eigenvalue weighted by molar-refractivity contribution is 0.272. The molecular weight excluding hydrogens is 261 g/mol. The topological polar surface area (TPSA) is 60.2 Å². The van der Waals surface area contributed by atoms with Crippen LogP contribution in [0.1, 0.15) is 30.6 Å². The van der Waals surface area contributed by atoms with E-state index < -0.39 is 0 Å². The largest absolute Gasteiger partial charge is 0.482 e. The van der Waals surface area contributed by atoms with Crippen LogP contribution in [0.2, 0.25) is 0 Å². The van der Waals surface area contributed by atoms with Crippen LogP contribution in [0.3, 0.4) is 0 Å². The van der Waals surface area contributed by atoms with Gasteiger partial charge in [-0.2, -0.15) is 4.98 Å². The fourth-order valence-corrected chi connectivity index (χ4v) is 1.72. The van der Waals surface area contributed by atoms with Gasteiger partial charge in [-0.05, 0) is 30.7 Å². The van der Waals surface area contributed by atoms with Gasteiger partial charge in [0.2, 0.25) is 11.7 Å². The van der Waals surface area contributed by atoms with Gasteiger partial charge in [0, 0.05) is 13.5 Å². The molecule has 2 rings (SSSR count). The number of ether oxygens (including phenoxy) is 1. The summed E-state index contributed by atoms with van der Waals surface area (Å²) in [5, 5.41) is 6.90. The first-order chi connectivity index (χ1) is 9.69. The molecule has 0 atom stereocenters. The van der Waals surface area contributed by atoms with Crippen molar-refractivity contribution in [1.82, 2.24) is 15.5 Å². The Morgan fingerprint density at radius 1 is 1.40 bits per heavy atom. The minimum absolute atomic E-state index is 0.0850. The predicted octanol–water partition coefficient (Wildman–Crippen LogP) is 2.60. The summed E-state index contributed by atoms with van der Waals surface area (Å²) in [4.78, 5) is 3.99. The average molecular weight is 279 g/mol. The number of nitrogens with zero attached hydrogens (tertiary/aromatic N) is 2. The monoisotopic (exact) mass is 279 g/mol. The predicted molar refractivity (Wildman–Crippen MR) is 71.8 cm³/mol. The standard InChI is InChI=1S/C14H18FN3O2/c1-3-6-16-8-11-4-5-13(12(15)7-11)19-9-14-17-10(2)20-18-14/h4-5,7,16H,3,6,8-9H2,1-2H3. The van der Waals surface area contributed by atoms with Crippen LogP contribution in [0.5, 0.6) is 5.75 Å². The molecule has 6 heteroatoms. The molecule has 1 heterocycles. The number of hydrogen-bond acceptors (Lipinski definition) is 5. The average Bonchev–Trinajstić information content (AvgIpc) is 2.84. The fourth-order valence-electron chi connectivity index (χ4n) is 1.72. The van der Waals surface area contributed by atoms with Gasteiger partial charge in [-0.25, -0.2) is 4.39 Å². The van der Waals surface area contributed by atoms with Crippen molar-refractivity contribution >= 4 is 0 Å². The van der Waals surface area contributed by atoms with E-state index in [4.69, 9.17) is 9.26 Å². The Kier molecular flexibility index (Phi) is 5.06. The van der Waals surface area contributed by atoms with Crippen molar-refractivity contribution in [2.24, 2.45) is 0 Å². The number of halogens is 1. The lowest BCUT2D eigenvalue weighted by Gasteiger charge is -2.07. The van der Waals surface area contributed by atoms with E-state index in [1.165, 1.54) is 6.07 Å². The van der Waals surface area contributed by atoms with Crippen LogP contribution in [0, 0.1) is 12.7 Å². The van der Waals surface area contributed by atoms with Crippen molar-refractivity contribution < 1.29 is 13.7 Å². The Bertz CT molecular complexity index is 557. The van der Waals surface area contributed by atoms with Crippen LogP contribution in [-0.4, -0.2) is 16.7 Å². The number of hydrogen-bond donors (Lipinski definition) is 1. The van der Waals surface area contributed by atoms with Crippen LogP contribution in [0.25, 0.3) is 0 Å². The molecule has 1 N–H and O–H groups in total. The maximum Gasteiger partial charge on any atom is 0.223 e. The van der Waals surface area contributed by atoms with E-state index in [0.29, 0.717) is 18.3 Å². The molecule has 108 valence electrons. The SMILES string of the molecule is CCCNCc1ccc(OCc2noc(C)n2)c(F)c1. The first kappa shape index (κ1) is 14.5. The van der Waals surface area contributed by atoms with Crippen molar-refractivity contribution in [1.29, 1.82) is 0 Å². The second-order valence-electron chi connectivity index (χ2n) is 4.46. The van der Waals surface area contributed by atoms with Gasteiger partial charge < -0.3 is 14.6 Å².